The van der Waals surface area contributed by atoms with E-state index in [1.165, 1.54) is 34.9 Å². The van der Waals surface area contributed by atoms with Crippen LogP contribution < -0.4 is 0 Å². The smallest absolute Gasteiger partial charge is 0.327 e. The van der Waals surface area contributed by atoms with Crippen LogP contribution in [0.5, 0.6) is 0 Å². The normalized spacial score (nSPS) is 18.4. The fourth-order valence-corrected chi connectivity index (χ4v) is 3.52. The lowest BCUT2D eigenvalue weighted by Gasteiger charge is -2.19. The zero-order chi connectivity index (χ0) is 15.1. The summed E-state index contributed by atoms with van der Waals surface area (Å²) >= 11 is 1.38. The molecular weight excluding hydrogens is 297 g/mol. The van der Waals surface area contributed by atoms with Crippen LogP contribution in [-0.2, 0) is 4.79 Å². The van der Waals surface area contributed by atoms with Gasteiger partial charge in [0.1, 0.15) is 17.4 Å². The largest absolute Gasteiger partial charge is 0.480 e. The molecule has 1 atom stereocenters. The Morgan fingerprint density at radius 1 is 1.48 bits per heavy atom. The summed E-state index contributed by atoms with van der Waals surface area (Å²) in [5, 5.41) is 9.66. The maximum atomic E-state index is 13.3. The number of nitrogens with zero attached hydrogens (tertiary/aromatic N) is 1. The fraction of sp³-hybridized carbons (Fsp3) is 0.286. The molecule has 0 saturated carbocycles. The molecule has 21 heavy (non-hydrogen) atoms. The van der Waals surface area contributed by atoms with Gasteiger partial charge in [-0.25, -0.2) is 9.18 Å². The predicted octanol–water partition coefficient (Wildman–Crippen LogP) is 2.48. The number of carboxylic acids is 1. The van der Waals surface area contributed by atoms with Crippen molar-refractivity contribution in [1.82, 2.24) is 4.90 Å². The molecule has 2 aromatic rings. The molecule has 7 heteroatoms. The minimum Gasteiger partial charge on any atom is -0.480 e. The van der Waals surface area contributed by atoms with E-state index in [1.807, 2.05) is 0 Å². The first-order valence-electron chi connectivity index (χ1n) is 6.29. The molecule has 110 valence electrons. The van der Waals surface area contributed by atoms with Gasteiger partial charge in [-0.15, -0.1) is 11.8 Å². The van der Waals surface area contributed by atoms with Gasteiger partial charge in [-0.3, -0.25) is 4.79 Å². The Kier molecular flexibility index (Phi) is 3.36. The fourth-order valence-electron chi connectivity index (χ4n) is 2.37. The quantitative estimate of drug-likeness (QED) is 0.923. The summed E-state index contributed by atoms with van der Waals surface area (Å²) in [5.41, 5.74) is 0.937. The minimum absolute atomic E-state index is 0.0735. The summed E-state index contributed by atoms with van der Waals surface area (Å²) in [5.74, 6) is -1.18. The zero-order valence-corrected chi connectivity index (χ0v) is 11.9. The van der Waals surface area contributed by atoms with Crippen LogP contribution in [0.4, 0.5) is 4.39 Å². The Labute approximate surface area is 123 Å². The average molecular weight is 309 g/mol. The third-order valence-electron chi connectivity index (χ3n) is 3.52. The van der Waals surface area contributed by atoms with E-state index in [0.29, 0.717) is 28.2 Å². The molecule has 2 heterocycles. The van der Waals surface area contributed by atoms with Crippen molar-refractivity contribution in [3.8, 4) is 0 Å². The van der Waals surface area contributed by atoms with Gasteiger partial charge in [-0.1, -0.05) is 0 Å². The molecule has 1 amide bonds. The molecule has 0 spiro atoms. The van der Waals surface area contributed by atoms with E-state index in [1.54, 1.807) is 6.92 Å². The lowest BCUT2D eigenvalue weighted by Crippen LogP contribution is -2.41. The number of carboxylic acid groups (broad SMARTS) is 1. The maximum absolute atomic E-state index is 13.3. The number of thioether (sulfide) groups is 1. The second-order valence-electron chi connectivity index (χ2n) is 4.83. The van der Waals surface area contributed by atoms with Crippen molar-refractivity contribution in [2.24, 2.45) is 0 Å². The number of halogens is 1. The number of amides is 1. The highest BCUT2D eigenvalue weighted by Gasteiger charge is 2.37. The van der Waals surface area contributed by atoms with Gasteiger partial charge < -0.3 is 14.4 Å². The summed E-state index contributed by atoms with van der Waals surface area (Å²) in [7, 11) is 0. The zero-order valence-electron chi connectivity index (χ0n) is 11.1. The Hall–Kier alpha value is -2.02. The Bertz CT molecular complexity index is 742. The van der Waals surface area contributed by atoms with Crippen molar-refractivity contribution in [3.05, 3.63) is 35.3 Å². The lowest BCUT2D eigenvalue weighted by atomic mass is 10.1. The molecule has 3 rings (SSSR count). The highest BCUT2D eigenvalue weighted by Crippen LogP contribution is 2.30. The second kappa shape index (κ2) is 5.07. The maximum Gasteiger partial charge on any atom is 0.327 e. The molecule has 1 fully saturated rings. The summed E-state index contributed by atoms with van der Waals surface area (Å²) in [6, 6.07) is 3.16. The van der Waals surface area contributed by atoms with Gasteiger partial charge in [0.25, 0.3) is 5.91 Å². The number of hydrogen-bond donors (Lipinski definition) is 1. The third kappa shape index (κ3) is 2.27. The van der Waals surface area contributed by atoms with Crippen molar-refractivity contribution in [1.29, 1.82) is 0 Å². The number of furan rings is 1. The molecule has 0 bridgehead atoms. The molecule has 1 saturated heterocycles. The highest BCUT2D eigenvalue weighted by atomic mass is 32.2. The number of rotatable bonds is 2. The average Bonchev–Trinajstić information content (AvgIpc) is 3.04. The molecule has 0 radical (unpaired) electrons. The van der Waals surface area contributed by atoms with Gasteiger partial charge in [-0.2, -0.15) is 0 Å². The Balaban J connectivity index is 2.02. The van der Waals surface area contributed by atoms with E-state index in [-0.39, 0.29) is 5.76 Å². The number of aliphatic carboxylic acids is 1. The SMILES string of the molecule is Cc1c(C(=O)N2CSC[C@H]2C(=O)O)oc2ccc(F)cc12. The van der Waals surface area contributed by atoms with E-state index < -0.39 is 23.7 Å². The van der Waals surface area contributed by atoms with Crippen molar-refractivity contribution >= 4 is 34.6 Å². The predicted molar refractivity (Wildman–Crippen MR) is 75.8 cm³/mol. The minimum atomic E-state index is -1.03. The van der Waals surface area contributed by atoms with Crippen LogP contribution in [0.15, 0.2) is 22.6 Å². The van der Waals surface area contributed by atoms with Gasteiger partial charge in [0.2, 0.25) is 0 Å². The van der Waals surface area contributed by atoms with Crippen molar-refractivity contribution in [3.63, 3.8) is 0 Å². The second-order valence-corrected chi connectivity index (χ2v) is 5.83. The van der Waals surface area contributed by atoms with Crippen LogP contribution in [0.3, 0.4) is 0 Å². The van der Waals surface area contributed by atoms with Crippen LogP contribution in [0, 0.1) is 12.7 Å². The number of hydrogen-bond acceptors (Lipinski definition) is 4. The van der Waals surface area contributed by atoms with Gasteiger partial charge in [0.05, 0.1) is 5.88 Å². The number of carbonyl (C=O) groups excluding carboxylic acids is 1. The molecule has 0 aliphatic carbocycles. The van der Waals surface area contributed by atoms with Crippen LogP contribution >= 0.6 is 11.8 Å². The molecule has 1 aromatic carbocycles. The van der Waals surface area contributed by atoms with E-state index in [9.17, 15) is 14.0 Å². The van der Waals surface area contributed by atoms with Gasteiger partial charge in [-0.05, 0) is 25.1 Å². The van der Waals surface area contributed by atoms with Crippen molar-refractivity contribution in [2.45, 2.75) is 13.0 Å². The van der Waals surface area contributed by atoms with Crippen LogP contribution in [0.2, 0.25) is 0 Å². The van der Waals surface area contributed by atoms with Crippen LogP contribution in [-0.4, -0.2) is 39.6 Å². The van der Waals surface area contributed by atoms with Gasteiger partial charge in [0, 0.05) is 16.7 Å². The van der Waals surface area contributed by atoms with Crippen LogP contribution in [0.1, 0.15) is 16.1 Å². The topological polar surface area (TPSA) is 70.8 Å². The molecule has 1 aromatic heterocycles. The number of fused-ring (bicyclic) bond motifs is 1. The molecule has 1 aliphatic rings. The molecular formula is C14H12FNO4S. The molecule has 1 aliphatic heterocycles. The first kappa shape index (κ1) is 13.9. The Morgan fingerprint density at radius 3 is 2.95 bits per heavy atom. The first-order chi connectivity index (χ1) is 9.99. The highest BCUT2D eigenvalue weighted by molar-refractivity contribution is 7.99. The summed E-state index contributed by atoms with van der Waals surface area (Å²) in [6.45, 7) is 1.66. The van der Waals surface area contributed by atoms with E-state index in [4.69, 9.17) is 9.52 Å². The van der Waals surface area contributed by atoms with E-state index in [0.717, 1.165) is 0 Å². The third-order valence-corrected chi connectivity index (χ3v) is 4.53. The van der Waals surface area contributed by atoms with Crippen LogP contribution in [0.25, 0.3) is 11.0 Å². The van der Waals surface area contributed by atoms with E-state index >= 15 is 0 Å². The Morgan fingerprint density at radius 2 is 2.24 bits per heavy atom. The summed E-state index contributed by atoms with van der Waals surface area (Å²) in [6.07, 6.45) is 0. The lowest BCUT2D eigenvalue weighted by molar-refractivity contribution is -0.140. The molecule has 0 unspecified atom stereocenters. The van der Waals surface area contributed by atoms with Gasteiger partial charge in [0.15, 0.2) is 5.76 Å². The summed E-state index contributed by atoms with van der Waals surface area (Å²) in [4.78, 5) is 24.9. The van der Waals surface area contributed by atoms with Crippen molar-refractivity contribution in [2.75, 3.05) is 11.6 Å². The van der Waals surface area contributed by atoms with E-state index in [2.05, 4.69) is 0 Å². The monoisotopic (exact) mass is 309 g/mol. The molecule has 5 nitrogen and oxygen atoms in total. The van der Waals surface area contributed by atoms with Gasteiger partial charge >= 0.3 is 5.97 Å². The number of benzene rings is 1. The molecule has 1 N–H and O–H groups in total. The number of carbonyl (C=O) groups is 2. The standard InChI is InChI=1S/C14H12FNO4S/c1-7-9-4-8(15)2-3-11(9)20-12(7)13(17)16-6-21-5-10(16)14(18)19/h2-4,10H,5-6H2,1H3,(H,18,19)/t10-/m0/s1. The van der Waals surface area contributed by atoms with Crippen molar-refractivity contribution < 1.29 is 23.5 Å². The first-order valence-corrected chi connectivity index (χ1v) is 7.44. The number of aryl methyl sites for hydroxylation is 1. The summed E-state index contributed by atoms with van der Waals surface area (Å²) < 4.78 is 18.8.